The summed E-state index contributed by atoms with van der Waals surface area (Å²) in [7, 11) is 0. The standard InChI is InChI=1S/C24H27N5OS/c1-2-19-8-6-7-11-21(19)25-23(30)18-31-24-13-12-22(26-27-24)29-16-14-28(15-17-29)20-9-4-3-5-10-20/h3-13H,2,14-18H2,1H3,(H,25,30). The van der Waals surface area contributed by atoms with E-state index in [0.29, 0.717) is 5.75 Å². The van der Waals surface area contributed by atoms with Crippen molar-refractivity contribution in [1.29, 1.82) is 0 Å². The van der Waals surface area contributed by atoms with Crippen molar-refractivity contribution in [2.75, 3.05) is 47.0 Å². The Balaban J connectivity index is 1.26. The highest BCUT2D eigenvalue weighted by Gasteiger charge is 2.18. The van der Waals surface area contributed by atoms with Gasteiger partial charge in [-0.05, 0) is 42.3 Å². The van der Waals surface area contributed by atoms with Crippen LogP contribution in [0.5, 0.6) is 0 Å². The fraction of sp³-hybridized carbons (Fsp3) is 0.292. The summed E-state index contributed by atoms with van der Waals surface area (Å²) >= 11 is 1.40. The summed E-state index contributed by atoms with van der Waals surface area (Å²) in [5.41, 5.74) is 3.28. The highest BCUT2D eigenvalue weighted by molar-refractivity contribution is 7.99. The zero-order valence-electron chi connectivity index (χ0n) is 17.7. The van der Waals surface area contributed by atoms with E-state index in [1.54, 1.807) is 0 Å². The maximum absolute atomic E-state index is 12.3. The number of aromatic nitrogens is 2. The van der Waals surface area contributed by atoms with Crippen molar-refractivity contribution in [2.24, 2.45) is 0 Å². The maximum Gasteiger partial charge on any atom is 0.234 e. The molecule has 1 aliphatic rings. The number of thioether (sulfide) groups is 1. The molecule has 2 aromatic carbocycles. The third-order valence-electron chi connectivity index (χ3n) is 5.37. The van der Waals surface area contributed by atoms with Gasteiger partial charge in [-0.15, -0.1) is 10.2 Å². The van der Waals surface area contributed by atoms with Gasteiger partial charge < -0.3 is 15.1 Å². The van der Waals surface area contributed by atoms with E-state index in [1.807, 2.05) is 42.5 Å². The topological polar surface area (TPSA) is 61.4 Å². The Kier molecular flexibility index (Phi) is 7.04. The molecule has 0 aliphatic carbocycles. The Morgan fingerprint density at radius 2 is 1.61 bits per heavy atom. The van der Waals surface area contributed by atoms with Crippen LogP contribution in [0, 0.1) is 0 Å². The van der Waals surface area contributed by atoms with Crippen molar-refractivity contribution < 1.29 is 4.79 Å². The number of nitrogens with zero attached hydrogens (tertiary/aromatic N) is 4. The highest BCUT2D eigenvalue weighted by atomic mass is 32.2. The van der Waals surface area contributed by atoms with Crippen LogP contribution in [0.25, 0.3) is 0 Å². The fourth-order valence-electron chi connectivity index (χ4n) is 3.67. The first-order chi connectivity index (χ1) is 15.2. The number of amides is 1. The Hall–Kier alpha value is -3.06. The van der Waals surface area contributed by atoms with Crippen LogP contribution in [0.1, 0.15) is 12.5 Å². The van der Waals surface area contributed by atoms with Gasteiger partial charge in [0.2, 0.25) is 5.91 Å². The van der Waals surface area contributed by atoms with Crippen LogP contribution in [-0.2, 0) is 11.2 Å². The van der Waals surface area contributed by atoms with Crippen LogP contribution in [0.3, 0.4) is 0 Å². The van der Waals surface area contributed by atoms with E-state index < -0.39 is 0 Å². The predicted octanol–water partition coefficient (Wildman–Crippen LogP) is 4.10. The summed E-state index contributed by atoms with van der Waals surface area (Å²) in [5, 5.41) is 12.5. The van der Waals surface area contributed by atoms with Crippen LogP contribution >= 0.6 is 11.8 Å². The molecule has 2 heterocycles. The van der Waals surface area contributed by atoms with Gasteiger partial charge in [0.05, 0.1) is 5.75 Å². The number of carbonyl (C=O) groups excluding carboxylic acids is 1. The molecule has 7 heteroatoms. The fourth-order valence-corrected chi connectivity index (χ4v) is 4.28. The number of hydrogen-bond acceptors (Lipinski definition) is 6. The van der Waals surface area contributed by atoms with Gasteiger partial charge >= 0.3 is 0 Å². The van der Waals surface area contributed by atoms with Crippen LogP contribution in [0.2, 0.25) is 0 Å². The molecule has 0 bridgehead atoms. The number of piperazine rings is 1. The van der Waals surface area contributed by atoms with E-state index in [4.69, 9.17) is 0 Å². The van der Waals surface area contributed by atoms with Gasteiger partial charge in [0, 0.05) is 37.6 Å². The quantitative estimate of drug-likeness (QED) is 0.566. The summed E-state index contributed by atoms with van der Waals surface area (Å²) in [6.07, 6.45) is 0.885. The maximum atomic E-state index is 12.3. The minimum atomic E-state index is -0.0335. The van der Waals surface area contributed by atoms with Crippen molar-refractivity contribution in [3.63, 3.8) is 0 Å². The zero-order chi connectivity index (χ0) is 21.5. The van der Waals surface area contributed by atoms with Crippen LogP contribution in [0.15, 0.2) is 71.8 Å². The van der Waals surface area contributed by atoms with Crippen molar-refractivity contribution in [1.82, 2.24) is 10.2 Å². The molecule has 0 radical (unpaired) electrons. The Labute approximate surface area is 187 Å². The first-order valence-electron chi connectivity index (χ1n) is 10.6. The number of rotatable bonds is 7. The molecule has 3 aromatic rings. The van der Waals surface area contributed by atoms with Crippen molar-refractivity contribution in [3.05, 3.63) is 72.3 Å². The molecule has 1 N–H and O–H groups in total. The van der Waals surface area contributed by atoms with Gasteiger partial charge in [-0.25, -0.2) is 0 Å². The average Bonchev–Trinajstić information content (AvgIpc) is 2.84. The highest BCUT2D eigenvalue weighted by Crippen LogP contribution is 2.21. The van der Waals surface area contributed by atoms with Crippen LogP contribution in [-0.4, -0.2) is 48.0 Å². The van der Waals surface area contributed by atoms with E-state index in [9.17, 15) is 4.79 Å². The molecule has 6 nitrogen and oxygen atoms in total. The molecular formula is C24H27N5OS. The molecule has 0 atom stereocenters. The molecule has 160 valence electrons. The van der Waals surface area contributed by atoms with E-state index in [-0.39, 0.29) is 5.91 Å². The Morgan fingerprint density at radius 3 is 2.32 bits per heavy atom. The third kappa shape index (κ3) is 5.55. The first kappa shape index (κ1) is 21.2. The van der Waals surface area contributed by atoms with E-state index in [0.717, 1.165) is 54.7 Å². The largest absolute Gasteiger partial charge is 0.368 e. The second-order valence-corrected chi connectivity index (χ2v) is 8.38. The Morgan fingerprint density at radius 1 is 0.903 bits per heavy atom. The summed E-state index contributed by atoms with van der Waals surface area (Å²) < 4.78 is 0. The second kappa shape index (κ2) is 10.3. The molecule has 1 aliphatic heterocycles. The normalized spacial score (nSPS) is 13.8. The molecule has 1 fully saturated rings. The number of hydrogen-bond donors (Lipinski definition) is 1. The predicted molar refractivity (Wildman–Crippen MR) is 128 cm³/mol. The lowest BCUT2D eigenvalue weighted by Crippen LogP contribution is -2.46. The molecule has 31 heavy (non-hydrogen) atoms. The summed E-state index contributed by atoms with van der Waals surface area (Å²) in [6.45, 7) is 5.83. The molecular weight excluding hydrogens is 406 g/mol. The minimum Gasteiger partial charge on any atom is -0.368 e. The van der Waals surface area contributed by atoms with Crippen molar-refractivity contribution in [3.8, 4) is 0 Å². The Bertz CT molecular complexity index is 988. The number of benzene rings is 2. The lowest BCUT2D eigenvalue weighted by atomic mass is 10.1. The van der Waals surface area contributed by atoms with Gasteiger partial charge in [-0.3, -0.25) is 4.79 Å². The van der Waals surface area contributed by atoms with E-state index in [2.05, 4.69) is 56.5 Å². The SMILES string of the molecule is CCc1ccccc1NC(=O)CSc1ccc(N2CCN(c3ccccc3)CC2)nn1. The van der Waals surface area contributed by atoms with Gasteiger partial charge in [0.15, 0.2) is 5.82 Å². The van der Waals surface area contributed by atoms with Gasteiger partial charge in [0.25, 0.3) is 0 Å². The third-order valence-corrected chi connectivity index (χ3v) is 6.29. The summed E-state index contributed by atoms with van der Waals surface area (Å²) in [6, 6.07) is 22.3. The van der Waals surface area contributed by atoms with E-state index >= 15 is 0 Å². The van der Waals surface area contributed by atoms with E-state index in [1.165, 1.54) is 17.4 Å². The first-order valence-corrected chi connectivity index (χ1v) is 11.6. The average molecular weight is 434 g/mol. The number of anilines is 3. The van der Waals surface area contributed by atoms with Gasteiger partial charge in [0.1, 0.15) is 5.03 Å². The second-order valence-electron chi connectivity index (χ2n) is 7.39. The van der Waals surface area contributed by atoms with Crippen LogP contribution in [0.4, 0.5) is 17.2 Å². The molecule has 1 saturated heterocycles. The smallest absolute Gasteiger partial charge is 0.234 e. The molecule has 0 spiro atoms. The summed E-state index contributed by atoms with van der Waals surface area (Å²) in [5.74, 6) is 1.16. The summed E-state index contributed by atoms with van der Waals surface area (Å²) in [4.78, 5) is 17.0. The number of nitrogens with one attached hydrogen (secondary N) is 1. The molecule has 1 aromatic heterocycles. The van der Waals surface area contributed by atoms with Gasteiger partial charge in [-0.1, -0.05) is 55.1 Å². The lowest BCUT2D eigenvalue weighted by Gasteiger charge is -2.36. The number of carbonyl (C=O) groups is 1. The van der Waals surface area contributed by atoms with Crippen molar-refractivity contribution in [2.45, 2.75) is 18.4 Å². The molecule has 1 amide bonds. The number of para-hydroxylation sites is 2. The molecule has 0 saturated carbocycles. The lowest BCUT2D eigenvalue weighted by molar-refractivity contribution is -0.113. The van der Waals surface area contributed by atoms with Gasteiger partial charge in [-0.2, -0.15) is 0 Å². The zero-order valence-corrected chi connectivity index (χ0v) is 18.5. The number of aryl methyl sites for hydroxylation is 1. The molecule has 0 unspecified atom stereocenters. The minimum absolute atomic E-state index is 0.0335. The molecule has 4 rings (SSSR count). The van der Waals surface area contributed by atoms with Crippen LogP contribution < -0.4 is 15.1 Å². The monoisotopic (exact) mass is 433 g/mol. The van der Waals surface area contributed by atoms with Crippen molar-refractivity contribution >= 4 is 34.9 Å².